The quantitative estimate of drug-likeness (QED) is 0.296. The molecule has 0 aliphatic heterocycles. The maximum Gasteiger partial charge on any atom is 0.142 e. The molecule has 3 aromatic carbocycles. The molecule has 1 fully saturated rings. The molecule has 0 radical (unpaired) electrons. The molecule has 0 amide bonds. The Morgan fingerprint density at radius 2 is 1.79 bits per heavy atom. The van der Waals surface area contributed by atoms with Crippen molar-refractivity contribution in [2.45, 2.75) is 19.3 Å². The maximum absolute atomic E-state index is 6.77. The lowest BCUT2D eigenvalue weighted by molar-refractivity contribution is 0.535. The maximum atomic E-state index is 6.77. The lowest BCUT2D eigenvalue weighted by Crippen LogP contribution is -1.98. The number of aromatic nitrogens is 1. The Morgan fingerprint density at radius 3 is 2.62 bits per heavy atom. The van der Waals surface area contributed by atoms with E-state index in [1.54, 1.807) is 0 Å². The standard InChI is InChI=1S/C32H25NO.H2/c1-3-22(19-10-6-5-7-11-19)31-23(4-2)30-25-17-21(25)18-26(32(30)34-31)20-14-15-29-27(16-20)24-12-8-9-13-28(24)33-29;/h3-16,18,21,25,33H,2,17H2,1H3;1H/b22-3-;. The number of furan rings is 1. The first-order valence-corrected chi connectivity index (χ1v) is 12.0. The molecule has 2 unspecified atom stereocenters. The highest BCUT2D eigenvalue weighted by Gasteiger charge is 2.46. The van der Waals surface area contributed by atoms with E-state index in [9.17, 15) is 0 Å². The van der Waals surface area contributed by atoms with Gasteiger partial charge in [-0.2, -0.15) is 0 Å². The summed E-state index contributed by atoms with van der Waals surface area (Å²) in [5.74, 6) is 3.06. The first-order chi connectivity index (χ1) is 16.8. The lowest BCUT2D eigenvalue weighted by atomic mass is 9.89. The van der Waals surface area contributed by atoms with Gasteiger partial charge < -0.3 is 9.40 Å². The molecular formula is C32H27NO. The van der Waals surface area contributed by atoms with Gasteiger partial charge >= 0.3 is 0 Å². The molecule has 0 spiro atoms. The molecule has 2 heterocycles. The Bertz CT molecular complexity index is 1660. The number of hydrogen-bond acceptors (Lipinski definition) is 1. The van der Waals surface area contributed by atoms with Crippen LogP contribution in [-0.4, -0.2) is 4.98 Å². The second-order valence-electron chi connectivity index (χ2n) is 9.38. The van der Waals surface area contributed by atoms with Crippen LogP contribution in [0.3, 0.4) is 0 Å². The first-order valence-electron chi connectivity index (χ1n) is 12.0. The van der Waals surface area contributed by atoms with Gasteiger partial charge in [-0.3, -0.25) is 0 Å². The second kappa shape index (κ2) is 7.23. The predicted molar refractivity (Wildman–Crippen MR) is 144 cm³/mol. The highest BCUT2D eigenvalue weighted by Crippen LogP contribution is 2.58. The van der Waals surface area contributed by atoms with Crippen molar-refractivity contribution in [2.24, 2.45) is 5.92 Å². The zero-order chi connectivity index (χ0) is 22.8. The van der Waals surface area contributed by atoms with E-state index >= 15 is 0 Å². The third-order valence-electron chi connectivity index (χ3n) is 7.46. The van der Waals surface area contributed by atoms with E-state index in [1.165, 1.54) is 39.4 Å². The molecule has 1 saturated carbocycles. The van der Waals surface area contributed by atoms with Crippen molar-refractivity contribution >= 4 is 39.0 Å². The van der Waals surface area contributed by atoms with E-state index < -0.39 is 0 Å². The molecule has 2 heteroatoms. The molecule has 5 aromatic rings. The van der Waals surface area contributed by atoms with Crippen LogP contribution in [0, 0.1) is 5.92 Å². The zero-order valence-electron chi connectivity index (χ0n) is 19.1. The van der Waals surface area contributed by atoms with Crippen LogP contribution in [0.25, 0.3) is 39.0 Å². The van der Waals surface area contributed by atoms with Crippen molar-refractivity contribution in [1.82, 2.24) is 4.98 Å². The van der Waals surface area contributed by atoms with Crippen LogP contribution in [0.2, 0.25) is 0 Å². The minimum absolute atomic E-state index is 0. The van der Waals surface area contributed by atoms with Gasteiger partial charge in [-0.1, -0.05) is 79.4 Å². The summed E-state index contributed by atoms with van der Waals surface area (Å²) in [7, 11) is 0. The van der Waals surface area contributed by atoms with E-state index in [2.05, 4.69) is 103 Å². The Hall–Kier alpha value is -4.04. The van der Waals surface area contributed by atoms with Gasteiger partial charge in [-0.25, -0.2) is 0 Å². The summed E-state index contributed by atoms with van der Waals surface area (Å²) in [5.41, 5.74) is 9.52. The summed E-state index contributed by atoms with van der Waals surface area (Å²) in [6.07, 6.45) is 7.76. The Balaban J connectivity index is 0.00000229. The third kappa shape index (κ3) is 2.75. The third-order valence-corrected chi connectivity index (χ3v) is 7.46. The van der Waals surface area contributed by atoms with Gasteiger partial charge in [0.1, 0.15) is 11.5 Å². The van der Waals surface area contributed by atoms with Crippen LogP contribution >= 0.6 is 0 Å². The van der Waals surface area contributed by atoms with Gasteiger partial charge in [0.05, 0.1) is 0 Å². The van der Waals surface area contributed by atoms with Crippen LogP contribution in [0.1, 0.15) is 54.5 Å². The van der Waals surface area contributed by atoms with Crippen molar-refractivity contribution < 1.29 is 5.84 Å². The molecular weight excluding hydrogens is 414 g/mol. The first kappa shape index (κ1) is 19.4. The van der Waals surface area contributed by atoms with E-state index in [1.807, 2.05) is 6.08 Å². The number of H-pyrrole nitrogens is 1. The van der Waals surface area contributed by atoms with Gasteiger partial charge in [0, 0.05) is 45.5 Å². The molecule has 2 nitrogen and oxygen atoms in total. The summed E-state index contributed by atoms with van der Waals surface area (Å²) in [4.78, 5) is 3.54. The van der Waals surface area contributed by atoms with Crippen LogP contribution in [-0.2, 0) is 0 Å². The van der Waals surface area contributed by atoms with Gasteiger partial charge in [0.25, 0.3) is 0 Å². The molecule has 7 rings (SSSR count). The lowest BCUT2D eigenvalue weighted by Gasteiger charge is -2.13. The minimum atomic E-state index is 0. The van der Waals surface area contributed by atoms with Gasteiger partial charge in [0.2, 0.25) is 0 Å². The fourth-order valence-electron chi connectivity index (χ4n) is 5.74. The highest BCUT2D eigenvalue weighted by atomic mass is 16.3. The summed E-state index contributed by atoms with van der Waals surface area (Å²) in [6.45, 7) is 6.27. The SMILES string of the molecule is C=Cc1c(/C(=C\C)c2ccccc2)oc2c1C1CC1C=C2c1ccc2[nH]c3ccccc3c2c1.[HH]. The summed E-state index contributed by atoms with van der Waals surface area (Å²) >= 11 is 0. The molecule has 0 saturated heterocycles. The average molecular weight is 442 g/mol. The Labute approximate surface area is 200 Å². The Morgan fingerprint density at radius 1 is 1.00 bits per heavy atom. The Kier molecular flexibility index (Phi) is 4.13. The van der Waals surface area contributed by atoms with Crippen LogP contribution in [0.15, 0.2) is 95.9 Å². The normalized spacial score (nSPS) is 19.1. The van der Waals surface area contributed by atoms with Crippen LogP contribution in [0.4, 0.5) is 0 Å². The van der Waals surface area contributed by atoms with E-state index in [-0.39, 0.29) is 1.43 Å². The largest absolute Gasteiger partial charge is 0.455 e. The number of fused-ring (bicyclic) bond motifs is 6. The van der Waals surface area contributed by atoms with Gasteiger partial charge in [-0.05, 0) is 54.5 Å². The molecule has 1 N–H and O–H groups in total. The van der Waals surface area contributed by atoms with Gasteiger partial charge in [0.15, 0.2) is 0 Å². The average Bonchev–Trinajstić information content (AvgIpc) is 3.42. The highest BCUT2D eigenvalue weighted by molar-refractivity contribution is 6.08. The summed E-state index contributed by atoms with van der Waals surface area (Å²) < 4.78 is 6.77. The van der Waals surface area contributed by atoms with Crippen molar-refractivity contribution in [3.63, 3.8) is 0 Å². The van der Waals surface area contributed by atoms with Crippen LogP contribution in [0.5, 0.6) is 0 Å². The van der Waals surface area contributed by atoms with Crippen molar-refractivity contribution in [3.05, 3.63) is 125 Å². The fourth-order valence-corrected chi connectivity index (χ4v) is 5.74. The second-order valence-corrected chi connectivity index (χ2v) is 9.38. The number of benzene rings is 3. The van der Waals surface area contributed by atoms with Crippen LogP contribution < -0.4 is 0 Å². The smallest absolute Gasteiger partial charge is 0.142 e. The number of rotatable bonds is 4. The number of allylic oxidation sites excluding steroid dienone is 2. The molecule has 34 heavy (non-hydrogen) atoms. The molecule has 2 aliphatic carbocycles. The molecule has 2 atom stereocenters. The zero-order valence-corrected chi connectivity index (χ0v) is 19.1. The summed E-state index contributed by atoms with van der Waals surface area (Å²) in [6, 6.07) is 25.7. The van der Waals surface area contributed by atoms with Crippen molar-refractivity contribution in [2.75, 3.05) is 0 Å². The van der Waals surface area contributed by atoms with E-state index in [0.717, 1.165) is 33.7 Å². The molecule has 2 aromatic heterocycles. The van der Waals surface area contributed by atoms with Gasteiger partial charge in [-0.15, -0.1) is 0 Å². The van der Waals surface area contributed by atoms with E-state index in [0.29, 0.717) is 11.8 Å². The summed E-state index contributed by atoms with van der Waals surface area (Å²) in [5, 5.41) is 2.51. The number of para-hydroxylation sites is 1. The minimum Gasteiger partial charge on any atom is -0.455 e. The molecule has 2 aliphatic rings. The van der Waals surface area contributed by atoms with Crippen molar-refractivity contribution in [3.8, 4) is 0 Å². The topological polar surface area (TPSA) is 28.9 Å². The fraction of sp³-hybridized carbons (Fsp3) is 0.125. The molecule has 166 valence electrons. The number of nitrogens with one attached hydrogen (secondary N) is 1. The van der Waals surface area contributed by atoms with Crippen molar-refractivity contribution in [1.29, 1.82) is 0 Å². The number of hydrogen-bond donors (Lipinski definition) is 1. The predicted octanol–water partition coefficient (Wildman–Crippen LogP) is 8.80. The number of aromatic amines is 1. The monoisotopic (exact) mass is 441 g/mol. The van der Waals surface area contributed by atoms with E-state index in [4.69, 9.17) is 4.42 Å². The molecule has 0 bridgehead atoms.